The average molecular weight is 289 g/mol. The molecule has 0 radical (unpaired) electrons. The number of phenolic OH excluding ortho intramolecular Hbond substituents is 1. The third-order valence-electron chi connectivity index (χ3n) is 3.15. The van der Waals surface area contributed by atoms with E-state index in [0.29, 0.717) is 5.75 Å². The van der Waals surface area contributed by atoms with E-state index in [1.54, 1.807) is 41.3 Å². The predicted molar refractivity (Wildman–Crippen MR) is 77.2 cm³/mol. The quantitative estimate of drug-likeness (QED) is 0.922. The van der Waals surface area contributed by atoms with E-state index in [1.165, 1.54) is 23.9 Å². The highest BCUT2D eigenvalue weighted by atomic mass is 32.2. The molecule has 0 bridgehead atoms. The average Bonchev–Trinajstić information content (AvgIpc) is 2.83. The second-order valence-electron chi connectivity index (χ2n) is 4.50. The molecule has 3 rings (SSSR count). The number of hydrogen-bond acceptors (Lipinski definition) is 3. The Hall–Kier alpha value is -2.01. The smallest absolute Gasteiger partial charge is 0.238 e. The van der Waals surface area contributed by atoms with Gasteiger partial charge in [0.2, 0.25) is 5.91 Å². The summed E-state index contributed by atoms with van der Waals surface area (Å²) >= 11 is 1.51. The van der Waals surface area contributed by atoms with Crippen molar-refractivity contribution >= 4 is 23.4 Å². The molecule has 3 nitrogen and oxygen atoms in total. The summed E-state index contributed by atoms with van der Waals surface area (Å²) < 4.78 is 13.0. The summed E-state index contributed by atoms with van der Waals surface area (Å²) in [5.74, 6) is 0.267. The van der Waals surface area contributed by atoms with Crippen LogP contribution in [0.5, 0.6) is 5.75 Å². The fraction of sp³-hybridized carbons (Fsp3) is 0.133. The second kappa shape index (κ2) is 5.17. The number of aromatic hydroxyl groups is 1. The molecule has 0 aliphatic carbocycles. The number of benzene rings is 2. The fourth-order valence-electron chi connectivity index (χ4n) is 2.19. The minimum atomic E-state index is -0.292. The van der Waals surface area contributed by atoms with Gasteiger partial charge in [-0.05, 0) is 42.0 Å². The molecule has 1 saturated heterocycles. The molecule has 1 amide bonds. The molecule has 5 heteroatoms. The van der Waals surface area contributed by atoms with Crippen molar-refractivity contribution in [3.05, 3.63) is 59.9 Å². The Labute approximate surface area is 120 Å². The van der Waals surface area contributed by atoms with Crippen LogP contribution in [0.4, 0.5) is 10.1 Å². The summed E-state index contributed by atoms with van der Waals surface area (Å²) in [4.78, 5) is 13.8. The first kappa shape index (κ1) is 13.0. The van der Waals surface area contributed by atoms with Crippen LogP contribution in [0.3, 0.4) is 0 Å². The number of thioether (sulfide) groups is 1. The number of phenols is 1. The topological polar surface area (TPSA) is 40.5 Å². The van der Waals surface area contributed by atoms with Crippen molar-refractivity contribution < 1.29 is 14.3 Å². The first-order valence-electron chi connectivity index (χ1n) is 6.13. The largest absolute Gasteiger partial charge is 0.508 e. The van der Waals surface area contributed by atoms with Gasteiger partial charge >= 0.3 is 0 Å². The van der Waals surface area contributed by atoms with Crippen LogP contribution in [0, 0.1) is 5.82 Å². The number of anilines is 1. The second-order valence-corrected chi connectivity index (χ2v) is 5.56. The molecule has 1 atom stereocenters. The standard InChI is InChI=1S/C15H12FNO2S/c16-11-3-1-10(2-4-11)15-17(14(19)9-20-15)12-5-7-13(18)8-6-12/h1-8,15,18H,9H2. The molecule has 1 aliphatic heterocycles. The van der Waals surface area contributed by atoms with E-state index in [0.717, 1.165) is 11.3 Å². The van der Waals surface area contributed by atoms with Gasteiger partial charge in [-0.1, -0.05) is 12.1 Å². The highest BCUT2D eigenvalue weighted by Crippen LogP contribution is 2.41. The van der Waals surface area contributed by atoms with Crippen LogP contribution in [0.2, 0.25) is 0 Å². The van der Waals surface area contributed by atoms with Gasteiger partial charge in [0, 0.05) is 5.69 Å². The van der Waals surface area contributed by atoms with E-state index < -0.39 is 0 Å². The Kier molecular flexibility index (Phi) is 3.36. The van der Waals surface area contributed by atoms with Gasteiger partial charge in [0.15, 0.2) is 0 Å². The lowest BCUT2D eigenvalue weighted by atomic mass is 10.2. The van der Waals surface area contributed by atoms with Crippen molar-refractivity contribution in [1.82, 2.24) is 0 Å². The number of carbonyl (C=O) groups is 1. The Morgan fingerprint density at radius 1 is 1.10 bits per heavy atom. The van der Waals surface area contributed by atoms with Gasteiger partial charge in [-0.3, -0.25) is 9.69 Å². The molecule has 1 N–H and O–H groups in total. The van der Waals surface area contributed by atoms with Crippen molar-refractivity contribution in [2.24, 2.45) is 0 Å². The van der Waals surface area contributed by atoms with Gasteiger partial charge < -0.3 is 5.11 Å². The van der Waals surface area contributed by atoms with Crippen molar-refractivity contribution in [3.63, 3.8) is 0 Å². The zero-order valence-corrected chi connectivity index (χ0v) is 11.3. The molecular weight excluding hydrogens is 277 g/mol. The van der Waals surface area contributed by atoms with Crippen LogP contribution < -0.4 is 4.90 Å². The van der Waals surface area contributed by atoms with E-state index >= 15 is 0 Å². The number of carbonyl (C=O) groups excluding carboxylic acids is 1. The molecule has 0 spiro atoms. The van der Waals surface area contributed by atoms with Crippen LogP contribution in [-0.4, -0.2) is 16.8 Å². The molecule has 0 saturated carbocycles. The van der Waals surface area contributed by atoms with E-state index in [4.69, 9.17) is 0 Å². The first-order chi connectivity index (χ1) is 9.65. The van der Waals surface area contributed by atoms with Gasteiger partial charge in [-0.15, -0.1) is 11.8 Å². The van der Waals surface area contributed by atoms with Crippen LogP contribution in [0.1, 0.15) is 10.9 Å². The maximum atomic E-state index is 13.0. The van der Waals surface area contributed by atoms with Gasteiger partial charge in [0.25, 0.3) is 0 Å². The minimum absolute atomic E-state index is 0.00927. The minimum Gasteiger partial charge on any atom is -0.508 e. The summed E-state index contributed by atoms with van der Waals surface area (Å²) in [6.07, 6.45) is 0. The molecule has 0 aromatic heterocycles. The molecule has 1 unspecified atom stereocenters. The Bertz CT molecular complexity index is 627. The zero-order valence-electron chi connectivity index (χ0n) is 10.5. The normalized spacial score (nSPS) is 18.6. The molecule has 2 aromatic rings. The van der Waals surface area contributed by atoms with E-state index in [1.807, 2.05) is 0 Å². The Morgan fingerprint density at radius 3 is 2.40 bits per heavy atom. The van der Waals surface area contributed by atoms with Gasteiger partial charge in [-0.25, -0.2) is 4.39 Å². The van der Waals surface area contributed by atoms with Gasteiger partial charge in [0.05, 0.1) is 5.75 Å². The fourth-order valence-corrected chi connectivity index (χ4v) is 3.37. The SMILES string of the molecule is O=C1CSC(c2ccc(F)cc2)N1c1ccc(O)cc1. The summed E-state index contributed by atoms with van der Waals surface area (Å²) in [6, 6.07) is 12.7. The summed E-state index contributed by atoms with van der Waals surface area (Å²) in [7, 11) is 0. The number of hydrogen-bond donors (Lipinski definition) is 1. The van der Waals surface area contributed by atoms with Gasteiger partial charge in [-0.2, -0.15) is 0 Å². The predicted octanol–water partition coefficient (Wildman–Crippen LogP) is 3.31. The van der Waals surface area contributed by atoms with Crippen LogP contribution in [-0.2, 0) is 4.79 Å². The van der Waals surface area contributed by atoms with E-state index in [-0.39, 0.29) is 22.8 Å². The lowest BCUT2D eigenvalue weighted by Crippen LogP contribution is -2.27. The lowest BCUT2D eigenvalue weighted by Gasteiger charge is -2.24. The highest BCUT2D eigenvalue weighted by Gasteiger charge is 2.33. The molecular formula is C15H12FNO2S. The molecule has 1 heterocycles. The van der Waals surface area contributed by atoms with Crippen molar-refractivity contribution in [1.29, 1.82) is 0 Å². The van der Waals surface area contributed by atoms with Crippen LogP contribution in [0.15, 0.2) is 48.5 Å². The summed E-state index contributed by atoms with van der Waals surface area (Å²) in [6.45, 7) is 0. The molecule has 20 heavy (non-hydrogen) atoms. The van der Waals surface area contributed by atoms with Crippen LogP contribution in [0.25, 0.3) is 0 Å². The number of amides is 1. The van der Waals surface area contributed by atoms with E-state index in [9.17, 15) is 14.3 Å². The van der Waals surface area contributed by atoms with Crippen molar-refractivity contribution in [2.45, 2.75) is 5.37 Å². The lowest BCUT2D eigenvalue weighted by molar-refractivity contribution is -0.115. The van der Waals surface area contributed by atoms with Crippen molar-refractivity contribution in [2.75, 3.05) is 10.7 Å². The monoisotopic (exact) mass is 289 g/mol. The summed E-state index contributed by atoms with van der Waals surface area (Å²) in [5, 5.41) is 9.17. The Morgan fingerprint density at radius 2 is 1.75 bits per heavy atom. The highest BCUT2D eigenvalue weighted by molar-refractivity contribution is 8.00. The summed E-state index contributed by atoms with van der Waals surface area (Å²) in [5.41, 5.74) is 1.61. The maximum Gasteiger partial charge on any atom is 0.238 e. The number of nitrogens with zero attached hydrogens (tertiary/aromatic N) is 1. The molecule has 102 valence electrons. The molecule has 2 aromatic carbocycles. The number of halogens is 1. The van der Waals surface area contributed by atoms with E-state index in [2.05, 4.69) is 0 Å². The molecule has 1 fully saturated rings. The zero-order chi connectivity index (χ0) is 14.1. The first-order valence-corrected chi connectivity index (χ1v) is 7.18. The third kappa shape index (κ3) is 2.36. The molecule has 1 aliphatic rings. The van der Waals surface area contributed by atoms with Crippen LogP contribution >= 0.6 is 11.8 Å². The van der Waals surface area contributed by atoms with Crippen molar-refractivity contribution in [3.8, 4) is 5.75 Å². The maximum absolute atomic E-state index is 13.0. The van der Waals surface area contributed by atoms with Gasteiger partial charge in [0.1, 0.15) is 16.9 Å². The Balaban J connectivity index is 1.96. The number of rotatable bonds is 2. The third-order valence-corrected chi connectivity index (χ3v) is 4.36.